The molecule has 0 saturated carbocycles. The van der Waals surface area contributed by atoms with Gasteiger partial charge in [0.25, 0.3) is 6.01 Å². The number of nitrogens with zero attached hydrogens (tertiary/aromatic N) is 2. The average Bonchev–Trinajstić information content (AvgIpc) is 2.71. The summed E-state index contributed by atoms with van der Waals surface area (Å²) in [6.07, 6.45) is 1.88. The van der Waals surface area contributed by atoms with Gasteiger partial charge in [-0.05, 0) is 18.2 Å². The van der Waals surface area contributed by atoms with Crippen LogP contribution in [0.5, 0.6) is 0 Å². The fourth-order valence-corrected chi connectivity index (χ4v) is 2.70. The number of ether oxygens (including phenoxy) is 1. The van der Waals surface area contributed by atoms with Crippen LogP contribution in [-0.4, -0.2) is 30.3 Å². The van der Waals surface area contributed by atoms with Gasteiger partial charge in [0.2, 0.25) is 0 Å². The predicted octanol–water partition coefficient (Wildman–Crippen LogP) is 2.46. The molecule has 0 N–H and O–H groups in total. The van der Waals surface area contributed by atoms with Crippen molar-refractivity contribution in [1.29, 1.82) is 0 Å². The van der Waals surface area contributed by atoms with Crippen LogP contribution >= 0.6 is 11.6 Å². The zero-order valence-corrected chi connectivity index (χ0v) is 9.85. The van der Waals surface area contributed by atoms with Crippen LogP contribution < -0.4 is 4.90 Å². The second-order valence-electron chi connectivity index (χ2n) is 4.63. The van der Waals surface area contributed by atoms with Crippen LogP contribution in [0.3, 0.4) is 0 Å². The van der Waals surface area contributed by atoms with E-state index in [1.54, 1.807) is 0 Å². The van der Waals surface area contributed by atoms with E-state index in [-0.39, 0.29) is 0 Å². The minimum atomic E-state index is 0.354. The van der Waals surface area contributed by atoms with Crippen molar-refractivity contribution in [2.45, 2.75) is 18.6 Å². The summed E-state index contributed by atoms with van der Waals surface area (Å²) < 4.78 is 11.3. The van der Waals surface area contributed by atoms with Crippen molar-refractivity contribution >= 4 is 28.7 Å². The van der Waals surface area contributed by atoms with Crippen LogP contribution in [0.4, 0.5) is 6.01 Å². The van der Waals surface area contributed by atoms with E-state index in [0.717, 1.165) is 24.2 Å². The van der Waals surface area contributed by atoms with Crippen molar-refractivity contribution < 1.29 is 9.15 Å². The van der Waals surface area contributed by atoms with Crippen LogP contribution in [0.15, 0.2) is 22.6 Å². The fraction of sp³-hybridized carbons (Fsp3) is 0.417. The Morgan fingerprint density at radius 2 is 2.06 bits per heavy atom. The molecular weight excluding hydrogens is 240 g/mol. The lowest BCUT2D eigenvalue weighted by molar-refractivity contribution is -0.134. The number of fused-ring (bicyclic) bond motifs is 3. The third-order valence-corrected chi connectivity index (χ3v) is 3.60. The summed E-state index contributed by atoms with van der Waals surface area (Å²) in [4.78, 5) is 6.62. The molecule has 17 heavy (non-hydrogen) atoms. The van der Waals surface area contributed by atoms with E-state index in [9.17, 15) is 0 Å². The number of oxazole rings is 1. The number of hydrogen-bond acceptors (Lipinski definition) is 4. The molecule has 0 amide bonds. The lowest BCUT2D eigenvalue weighted by atomic mass is 9.99. The first-order valence-electron chi connectivity index (χ1n) is 5.74. The van der Waals surface area contributed by atoms with Gasteiger partial charge in [0.1, 0.15) is 5.52 Å². The summed E-state index contributed by atoms with van der Waals surface area (Å²) >= 11 is 5.93. The highest BCUT2D eigenvalue weighted by molar-refractivity contribution is 6.31. The highest BCUT2D eigenvalue weighted by atomic mass is 35.5. The van der Waals surface area contributed by atoms with Gasteiger partial charge < -0.3 is 14.1 Å². The lowest BCUT2D eigenvalue weighted by Gasteiger charge is -2.46. The van der Waals surface area contributed by atoms with Gasteiger partial charge >= 0.3 is 0 Å². The topological polar surface area (TPSA) is 38.5 Å². The third kappa shape index (κ3) is 1.51. The van der Waals surface area contributed by atoms with E-state index < -0.39 is 0 Å². The van der Waals surface area contributed by atoms with Crippen molar-refractivity contribution in [2.75, 3.05) is 18.0 Å². The molecule has 5 rings (SSSR count). The maximum Gasteiger partial charge on any atom is 0.298 e. The van der Waals surface area contributed by atoms with Crippen LogP contribution in [0, 0.1) is 0 Å². The molecule has 88 valence electrons. The standard InChI is InChI=1S/C12H11ClN2O2/c13-7-1-2-11-10(3-7)14-12(17-11)15-5-8-4-9(6-15)16-8/h1-3,8-9H,4-6H2. The molecule has 3 aliphatic rings. The second-order valence-corrected chi connectivity index (χ2v) is 5.07. The first kappa shape index (κ1) is 9.74. The maximum absolute atomic E-state index is 5.93. The monoisotopic (exact) mass is 250 g/mol. The van der Waals surface area contributed by atoms with Gasteiger partial charge in [-0.1, -0.05) is 11.6 Å². The molecule has 2 aromatic rings. The number of aromatic nitrogens is 1. The quantitative estimate of drug-likeness (QED) is 0.779. The Hall–Kier alpha value is -1.26. The maximum atomic E-state index is 5.93. The summed E-state index contributed by atoms with van der Waals surface area (Å²) in [5.74, 6) is 0. The van der Waals surface area contributed by atoms with Gasteiger partial charge in [-0.15, -0.1) is 0 Å². The largest absolute Gasteiger partial charge is 0.423 e. The van der Waals surface area contributed by atoms with E-state index in [0.29, 0.717) is 23.2 Å². The molecule has 0 aliphatic carbocycles. The second kappa shape index (κ2) is 3.37. The van der Waals surface area contributed by atoms with Crippen LogP contribution in [-0.2, 0) is 4.74 Å². The molecule has 4 heterocycles. The third-order valence-electron chi connectivity index (χ3n) is 3.37. The smallest absolute Gasteiger partial charge is 0.298 e. The number of halogens is 1. The fourth-order valence-electron chi connectivity index (χ4n) is 2.54. The molecule has 3 saturated heterocycles. The lowest BCUT2D eigenvalue weighted by Crippen LogP contribution is -2.57. The van der Waals surface area contributed by atoms with Gasteiger partial charge in [-0.2, -0.15) is 4.98 Å². The van der Waals surface area contributed by atoms with Crippen LogP contribution in [0.2, 0.25) is 5.02 Å². The minimum Gasteiger partial charge on any atom is -0.423 e. The Morgan fingerprint density at radius 1 is 1.29 bits per heavy atom. The molecule has 2 bridgehead atoms. The van der Waals surface area contributed by atoms with Crippen molar-refractivity contribution in [3.05, 3.63) is 23.2 Å². The van der Waals surface area contributed by atoms with E-state index in [1.807, 2.05) is 18.2 Å². The molecule has 0 spiro atoms. The first-order valence-corrected chi connectivity index (χ1v) is 6.12. The Balaban J connectivity index is 1.71. The first-order chi connectivity index (χ1) is 8.28. The number of benzene rings is 1. The zero-order chi connectivity index (χ0) is 11.4. The number of morpholine rings is 1. The van der Waals surface area contributed by atoms with Gasteiger partial charge in [0, 0.05) is 24.5 Å². The number of anilines is 1. The minimum absolute atomic E-state index is 0.354. The molecule has 2 unspecified atom stereocenters. The SMILES string of the molecule is Clc1ccc2oc(N3CC4CC(C3)O4)nc2c1. The molecular formula is C12H11ClN2O2. The number of piperidine rings is 1. The van der Waals surface area contributed by atoms with Crippen molar-refractivity contribution in [2.24, 2.45) is 0 Å². The molecule has 3 aliphatic heterocycles. The summed E-state index contributed by atoms with van der Waals surface area (Å²) in [6, 6.07) is 6.18. The molecule has 0 radical (unpaired) electrons. The summed E-state index contributed by atoms with van der Waals surface area (Å²) in [7, 11) is 0. The highest BCUT2D eigenvalue weighted by Gasteiger charge is 2.39. The van der Waals surface area contributed by atoms with Crippen molar-refractivity contribution in [3.63, 3.8) is 0 Å². The van der Waals surface area contributed by atoms with Gasteiger partial charge in [0.15, 0.2) is 5.58 Å². The Kier molecular flexibility index (Phi) is 1.93. The van der Waals surface area contributed by atoms with E-state index in [4.69, 9.17) is 20.8 Å². The molecule has 4 nitrogen and oxygen atoms in total. The molecule has 5 heteroatoms. The van der Waals surface area contributed by atoms with Gasteiger partial charge in [-0.3, -0.25) is 0 Å². The molecule has 2 atom stereocenters. The van der Waals surface area contributed by atoms with Gasteiger partial charge in [-0.25, -0.2) is 0 Å². The summed E-state index contributed by atoms with van der Waals surface area (Å²) in [5.41, 5.74) is 1.59. The van der Waals surface area contributed by atoms with E-state index in [1.165, 1.54) is 6.42 Å². The van der Waals surface area contributed by atoms with Crippen molar-refractivity contribution in [1.82, 2.24) is 4.98 Å². The van der Waals surface area contributed by atoms with Crippen LogP contribution in [0.1, 0.15) is 6.42 Å². The normalized spacial score (nSPS) is 27.2. The Morgan fingerprint density at radius 3 is 2.82 bits per heavy atom. The number of hydrogen-bond donors (Lipinski definition) is 0. The van der Waals surface area contributed by atoms with E-state index >= 15 is 0 Å². The van der Waals surface area contributed by atoms with Gasteiger partial charge in [0.05, 0.1) is 12.2 Å². The molecule has 3 fully saturated rings. The Labute approximate surface area is 103 Å². The summed E-state index contributed by atoms with van der Waals surface area (Å²) in [6.45, 7) is 1.74. The van der Waals surface area contributed by atoms with Crippen molar-refractivity contribution in [3.8, 4) is 0 Å². The molecule has 1 aromatic heterocycles. The average molecular weight is 251 g/mol. The zero-order valence-electron chi connectivity index (χ0n) is 9.10. The van der Waals surface area contributed by atoms with E-state index in [2.05, 4.69) is 9.88 Å². The summed E-state index contributed by atoms with van der Waals surface area (Å²) in [5, 5.41) is 0.683. The highest BCUT2D eigenvalue weighted by Crippen LogP contribution is 2.32. The predicted molar refractivity (Wildman–Crippen MR) is 64.5 cm³/mol. The number of rotatable bonds is 1. The Bertz CT molecular complexity index is 567. The van der Waals surface area contributed by atoms with Crippen LogP contribution in [0.25, 0.3) is 11.1 Å². The molecule has 1 aromatic carbocycles.